The highest BCUT2D eigenvalue weighted by atomic mass is 16.3. The third kappa shape index (κ3) is 1.96. The molecule has 0 aliphatic heterocycles. The van der Waals surface area contributed by atoms with Crippen LogP contribution < -0.4 is 11.5 Å². The number of nitrogens with zero attached hydrogens (tertiary/aromatic N) is 1. The molecule has 1 aromatic heterocycles. The molecule has 4 heteroatoms. The van der Waals surface area contributed by atoms with E-state index in [1.165, 1.54) is 0 Å². The Kier molecular flexibility index (Phi) is 3.02. The summed E-state index contributed by atoms with van der Waals surface area (Å²) in [5, 5.41) is 10.6. The molecular weight excluding hydrogens is 190 g/mol. The second kappa shape index (κ2) is 3.79. The van der Waals surface area contributed by atoms with E-state index in [1.807, 2.05) is 20.8 Å². The molecule has 4 nitrogen and oxygen atoms in total. The van der Waals surface area contributed by atoms with E-state index in [4.69, 9.17) is 11.5 Å². The second-order valence-corrected chi connectivity index (χ2v) is 4.75. The normalized spacial score (nSPS) is 16.1. The zero-order valence-electron chi connectivity index (χ0n) is 9.49. The number of hydrogen-bond donors (Lipinski definition) is 3. The quantitative estimate of drug-likeness (QED) is 0.674. The lowest BCUT2D eigenvalue weighted by molar-refractivity contribution is -0.0553. The molecule has 0 bridgehead atoms. The Balaban J connectivity index is 3.30. The van der Waals surface area contributed by atoms with Crippen LogP contribution in [0.3, 0.4) is 0 Å². The van der Waals surface area contributed by atoms with Crippen molar-refractivity contribution in [1.29, 1.82) is 0 Å². The van der Waals surface area contributed by atoms with Crippen molar-refractivity contribution in [1.82, 2.24) is 4.98 Å². The van der Waals surface area contributed by atoms with Gasteiger partial charge in [0.25, 0.3) is 0 Å². The Labute approximate surface area is 90.3 Å². The molecule has 1 atom stereocenters. The number of aromatic nitrogens is 1. The van der Waals surface area contributed by atoms with E-state index in [0.717, 1.165) is 0 Å². The van der Waals surface area contributed by atoms with Gasteiger partial charge in [-0.05, 0) is 11.5 Å². The summed E-state index contributed by atoms with van der Waals surface area (Å²) < 4.78 is 0. The number of nitrogen functional groups attached to an aromatic ring is 1. The molecule has 0 aliphatic rings. The Morgan fingerprint density at radius 1 is 1.40 bits per heavy atom. The number of aliphatic hydroxyl groups is 1. The summed E-state index contributed by atoms with van der Waals surface area (Å²) >= 11 is 0. The number of anilines is 1. The van der Waals surface area contributed by atoms with E-state index in [9.17, 15) is 5.11 Å². The number of pyridine rings is 1. The van der Waals surface area contributed by atoms with Gasteiger partial charge in [0, 0.05) is 18.3 Å². The van der Waals surface area contributed by atoms with Gasteiger partial charge in [-0.2, -0.15) is 0 Å². The molecule has 5 N–H and O–H groups in total. The molecule has 0 spiro atoms. The molecule has 1 aromatic rings. The number of rotatable bonds is 2. The Hall–Kier alpha value is -1.13. The van der Waals surface area contributed by atoms with Crippen molar-refractivity contribution in [2.24, 2.45) is 11.1 Å². The van der Waals surface area contributed by atoms with Gasteiger partial charge < -0.3 is 16.6 Å². The maximum Gasteiger partial charge on any atom is 0.129 e. The van der Waals surface area contributed by atoms with Gasteiger partial charge in [-0.1, -0.05) is 26.8 Å². The third-order valence-electron chi connectivity index (χ3n) is 2.82. The minimum atomic E-state index is -1.15. The molecule has 0 saturated heterocycles. The molecule has 0 radical (unpaired) electrons. The van der Waals surface area contributed by atoms with Gasteiger partial charge in [-0.15, -0.1) is 0 Å². The summed E-state index contributed by atoms with van der Waals surface area (Å²) in [6, 6.07) is 3.51. The molecule has 0 fully saturated rings. The molecule has 1 unspecified atom stereocenters. The highest BCUT2D eigenvalue weighted by molar-refractivity contribution is 5.44. The minimum absolute atomic E-state index is 0.117. The predicted molar refractivity (Wildman–Crippen MR) is 61.1 cm³/mol. The van der Waals surface area contributed by atoms with Gasteiger partial charge >= 0.3 is 0 Å². The Morgan fingerprint density at radius 3 is 2.40 bits per heavy atom. The van der Waals surface area contributed by atoms with Crippen LogP contribution in [0.4, 0.5) is 5.82 Å². The van der Waals surface area contributed by atoms with Crippen molar-refractivity contribution in [2.75, 3.05) is 12.3 Å². The van der Waals surface area contributed by atoms with E-state index in [0.29, 0.717) is 11.4 Å². The molecular formula is C11H19N3O. The van der Waals surface area contributed by atoms with Gasteiger partial charge in [-0.25, -0.2) is 4.98 Å². The summed E-state index contributed by atoms with van der Waals surface area (Å²) in [4.78, 5) is 3.97. The van der Waals surface area contributed by atoms with E-state index in [1.54, 1.807) is 18.3 Å². The summed E-state index contributed by atoms with van der Waals surface area (Å²) in [7, 11) is 0. The van der Waals surface area contributed by atoms with Crippen molar-refractivity contribution in [3.8, 4) is 0 Å². The fraction of sp³-hybridized carbons (Fsp3) is 0.545. The maximum absolute atomic E-state index is 10.6. The van der Waals surface area contributed by atoms with Gasteiger partial charge in [0.15, 0.2) is 0 Å². The molecule has 0 saturated carbocycles. The summed E-state index contributed by atoms with van der Waals surface area (Å²) in [5.41, 5.74) is 10.5. The van der Waals surface area contributed by atoms with Crippen molar-refractivity contribution < 1.29 is 5.11 Å². The SMILES string of the molecule is CC(C)(C)C(O)(CN)c1cccnc1N. The van der Waals surface area contributed by atoms with E-state index in [2.05, 4.69) is 4.98 Å². The predicted octanol–water partition coefficient (Wildman–Crippen LogP) is 0.856. The lowest BCUT2D eigenvalue weighted by atomic mass is 9.72. The largest absolute Gasteiger partial charge is 0.383 e. The molecule has 0 amide bonds. The van der Waals surface area contributed by atoms with Gasteiger partial charge in [0.05, 0.1) is 0 Å². The molecule has 0 aromatic carbocycles. The lowest BCUT2D eigenvalue weighted by Crippen LogP contribution is -2.46. The van der Waals surface area contributed by atoms with Gasteiger partial charge in [0.1, 0.15) is 11.4 Å². The maximum atomic E-state index is 10.6. The van der Waals surface area contributed by atoms with E-state index in [-0.39, 0.29) is 12.0 Å². The smallest absolute Gasteiger partial charge is 0.129 e. The summed E-state index contributed by atoms with van der Waals surface area (Å²) in [5.74, 6) is 0.334. The fourth-order valence-corrected chi connectivity index (χ4v) is 1.59. The first-order valence-electron chi connectivity index (χ1n) is 4.96. The number of nitrogens with two attached hydrogens (primary N) is 2. The Morgan fingerprint density at radius 2 is 2.00 bits per heavy atom. The van der Waals surface area contributed by atoms with Crippen LogP contribution in [0.25, 0.3) is 0 Å². The van der Waals surface area contributed by atoms with E-state index >= 15 is 0 Å². The zero-order valence-corrected chi connectivity index (χ0v) is 9.49. The minimum Gasteiger partial charge on any atom is -0.383 e. The number of hydrogen-bond acceptors (Lipinski definition) is 4. The van der Waals surface area contributed by atoms with Crippen molar-refractivity contribution in [2.45, 2.75) is 26.4 Å². The molecule has 1 heterocycles. The van der Waals surface area contributed by atoms with Crippen LogP contribution in [0.2, 0.25) is 0 Å². The molecule has 15 heavy (non-hydrogen) atoms. The van der Waals surface area contributed by atoms with Crippen LogP contribution in [0.1, 0.15) is 26.3 Å². The molecule has 84 valence electrons. The van der Waals surface area contributed by atoms with Crippen LogP contribution in [-0.2, 0) is 5.60 Å². The van der Waals surface area contributed by atoms with Crippen LogP contribution >= 0.6 is 0 Å². The van der Waals surface area contributed by atoms with Crippen molar-refractivity contribution in [3.63, 3.8) is 0 Å². The van der Waals surface area contributed by atoms with Crippen molar-refractivity contribution >= 4 is 5.82 Å². The lowest BCUT2D eigenvalue weighted by Gasteiger charge is -2.40. The highest BCUT2D eigenvalue weighted by Gasteiger charge is 2.41. The van der Waals surface area contributed by atoms with Crippen molar-refractivity contribution in [3.05, 3.63) is 23.9 Å². The Bertz CT molecular complexity index is 346. The standard InChI is InChI=1S/C11H19N3O/c1-10(2,3)11(15,7-12)8-5-4-6-14-9(8)13/h4-6,15H,7,12H2,1-3H3,(H2,13,14). The zero-order chi connectivity index (χ0) is 11.7. The third-order valence-corrected chi connectivity index (χ3v) is 2.82. The first kappa shape index (κ1) is 11.9. The highest BCUT2D eigenvalue weighted by Crippen LogP contribution is 2.40. The van der Waals surface area contributed by atoms with E-state index < -0.39 is 5.60 Å². The summed E-state index contributed by atoms with van der Waals surface area (Å²) in [6.45, 7) is 5.89. The fourth-order valence-electron chi connectivity index (χ4n) is 1.59. The van der Waals surface area contributed by atoms with Crippen LogP contribution in [0, 0.1) is 5.41 Å². The first-order chi connectivity index (χ1) is 6.83. The topological polar surface area (TPSA) is 85.2 Å². The van der Waals surface area contributed by atoms with Crippen LogP contribution in [0.15, 0.2) is 18.3 Å². The molecule has 0 aliphatic carbocycles. The van der Waals surface area contributed by atoms with Gasteiger partial charge in [0.2, 0.25) is 0 Å². The average molecular weight is 209 g/mol. The van der Waals surface area contributed by atoms with Crippen LogP contribution in [-0.4, -0.2) is 16.6 Å². The summed E-state index contributed by atoms with van der Waals surface area (Å²) in [6.07, 6.45) is 1.60. The molecule has 1 rings (SSSR count). The monoisotopic (exact) mass is 209 g/mol. The average Bonchev–Trinajstić information content (AvgIpc) is 2.15. The van der Waals surface area contributed by atoms with Gasteiger partial charge in [-0.3, -0.25) is 0 Å². The first-order valence-corrected chi connectivity index (χ1v) is 4.96. The van der Waals surface area contributed by atoms with Crippen LogP contribution in [0.5, 0.6) is 0 Å². The second-order valence-electron chi connectivity index (χ2n) is 4.75.